The van der Waals surface area contributed by atoms with Gasteiger partial charge in [-0.3, -0.25) is 4.79 Å². The number of aromatic nitrogens is 2. The Kier molecular flexibility index (Phi) is 3.58. The summed E-state index contributed by atoms with van der Waals surface area (Å²) >= 11 is 0. The van der Waals surface area contributed by atoms with Gasteiger partial charge in [0.05, 0.1) is 17.8 Å². The predicted molar refractivity (Wildman–Crippen MR) is 78.6 cm³/mol. The van der Waals surface area contributed by atoms with Crippen molar-refractivity contribution in [3.63, 3.8) is 0 Å². The molecule has 0 saturated heterocycles. The van der Waals surface area contributed by atoms with Crippen molar-refractivity contribution in [1.82, 2.24) is 9.38 Å². The molecule has 1 N–H and O–H groups in total. The summed E-state index contributed by atoms with van der Waals surface area (Å²) in [5.74, 6) is -1.91. The number of nitrogens with one attached hydrogen (secondary N) is 1. The lowest BCUT2D eigenvalue weighted by atomic mass is 10.2. The molecule has 0 aliphatic heterocycles. The van der Waals surface area contributed by atoms with Gasteiger partial charge in [0.2, 0.25) is 5.91 Å². The number of amides is 1. The summed E-state index contributed by atoms with van der Waals surface area (Å²) in [7, 11) is 0. The molecule has 22 heavy (non-hydrogen) atoms. The normalized spacial score (nSPS) is 10.9. The van der Waals surface area contributed by atoms with E-state index < -0.39 is 17.5 Å². The van der Waals surface area contributed by atoms with Crippen LogP contribution < -0.4 is 5.32 Å². The zero-order chi connectivity index (χ0) is 15.7. The first-order valence-electron chi connectivity index (χ1n) is 6.70. The Bertz CT molecular complexity index is 858. The van der Waals surface area contributed by atoms with Crippen LogP contribution in [-0.2, 0) is 11.2 Å². The molecule has 0 radical (unpaired) electrons. The van der Waals surface area contributed by atoms with E-state index in [1.807, 2.05) is 29.7 Å². The fourth-order valence-electron chi connectivity index (χ4n) is 2.17. The van der Waals surface area contributed by atoms with E-state index in [2.05, 4.69) is 10.3 Å². The largest absolute Gasteiger partial charge is 0.323 e. The average molecular weight is 301 g/mol. The van der Waals surface area contributed by atoms with Crippen LogP contribution in [0.2, 0.25) is 0 Å². The second kappa shape index (κ2) is 5.55. The number of halogens is 2. The standard InChI is InChI=1S/C16H13F2N3O/c1-10-4-5-21-9-12(19-15(21)6-10)8-16(22)20-14-3-2-11(17)7-13(14)18/h2-7,9H,8H2,1H3,(H,20,22). The highest BCUT2D eigenvalue weighted by Crippen LogP contribution is 2.15. The first-order chi connectivity index (χ1) is 10.5. The monoisotopic (exact) mass is 301 g/mol. The predicted octanol–water partition coefficient (Wildman–Crippen LogP) is 3.10. The van der Waals surface area contributed by atoms with Gasteiger partial charge in [-0.2, -0.15) is 0 Å². The number of carbonyl (C=O) groups excluding carboxylic acids is 1. The van der Waals surface area contributed by atoms with E-state index in [1.54, 1.807) is 6.20 Å². The van der Waals surface area contributed by atoms with Gasteiger partial charge in [0, 0.05) is 18.5 Å². The molecule has 0 aliphatic rings. The number of hydrogen-bond acceptors (Lipinski definition) is 2. The molecule has 0 saturated carbocycles. The molecule has 3 rings (SSSR count). The molecule has 0 aliphatic carbocycles. The van der Waals surface area contributed by atoms with Crippen LogP contribution in [-0.4, -0.2) is 15.3 Å². The highest BCUT2D eigenvalue weighted by atomic mass is 19.1. The average Bonchev–Trinajstić information content (AvgIpc) is 2.83. The molecular formula is C16H13F2N3O. The number of fused-ring (bicyclic) bond motifs is 1. The lowest BCUT2D eigenvalue weighted by molar-refractivity contribution is -0.115. The highest BCUT2D eigenvalue weighted by molar-refractivity contribution is 5.92. The number of carbonyl (C=O) groups is 1. The maximum atomic E-state index is 13.5. The lowest BCUT2D eigenvalue weighted by Gasteiger charge is -2.05. The van der Waals surface area contributed by atoms with Crippen molar-refractivity contribution in [3.8, 4) is 0 Å². The van der Waals surface area contributed by atoms with Gasteiger partial charge < -0.3 is 9.72 Å². The first kappa shape index (κ1) is 14.2. The van der Waals surface area contributed by atoms with Crippen LogP contribution >= 0.6 is 0 Å². The van der Waals surface area contributed by atoms with E-state index in [1.165, 1.54) is 6.07 Å². The van der Waals surface area contributed by atoms with Crippen molar-refractivity contribution < 1.29 is 13.6 Å². The first-order valence-corrected chi connectivity index (χ1v) is 6.70. The molecular weight excluding hydrogens is 288 g/mol. The fourth-order valence-corrected chi connectivity index (χ4v) is 2.17. The molecule has 0 atom stereocenters. The van der Waals surface area contributed by atoms with E-state index in [4.69, 9.17) is 0 Å². The summed E-state index contributed by atoms with van der Waals surface area (Å²) in [6.45, 7) is 1.96. The third-order valence-electron chi connectivity index (χ3n) is 3.21. The molecule has 1 aromatic carbocycles. The van der Waals surface area contributed by atoms with Gasteiger partial charge in [0.25, 0.3) is 0 Å². The third-order valence-corrected chi connectivity index (χ3v) is 3.21. The van der Waals surface area contributed by atoms with Crippen LogP contribution in [0.5, 0.6) is 0 Å². The van der Waals surface area contributed by atoms with Crippen LogP contribution in [0.1, 0.15) is 11.3 Å². The van der Waals surface area contributed by atoms with Crippen LogP contribution in [0, 0.1) is 18.6 Å². The van der Waals surface area contributed by atoms with Gasteiger partial charge >= 0.3 is 0 Å². The summed E-state index contributed by atoms with van der Waals surface area (Å²) in [4.78, 5) is 16.3. The number of aryl methyl sites for hydroxylation is 1. The molecule has 0 spiro atoms. The summed E-state index contributed by atoms with van der Waals surface area (Å²) in [5, 5.41) is 2.41. The van der Waals surface area contributed by atoms with Crippen molar-refractivity contribution in [3.05, 3.63) is 65.6 Å². The molecule has 2 aromatic heterocycles. The molecule has 4 nitrogen and oxygen atoms in total. The van der Waals surface area contributed by atoms with Crippen LogP contribution in [0.25, 0.3) is 5.65 Å². The second-order valence-corrected chi connectivity index (χ2v) is 5.05. The maximum absolute atomic E-state index is 13.5. The molecule has 0 bridgehead atoms. The number of rotatable bonds is 3. The topological polar surface area (TPSA) is 46.4 Å². The Morgan fingerprint density at radius 3 is 2.86 bits per heavy atom. The Balaban J connectivity index is 1.75. The van der Waals surface area contributed by atoms with Gasteiger partial charge in [-0.25, -0.2) is 13.8 Å². The number of anilines is 1. The Morgan fingerprint density at radius 2 is 2.09 bits per heavy atom. The summed E-state index contributed by atoms with van der Waals surface area (Å²) < 4.78 is 28.1. The molecule has 3 aromatic rings. The number of imidazole rings is 1. The number of hydrogen-bond donors (Lipinski definition) is 1. The van der Waals surface area contributed by atoms with Gasteiger partial charge in [0.15, 0.2) is 0 Å². The van der Waals surface area contributed by atoms with Gasteiger partial charge in [-0.05, 0) is 36.8 Å². The van der Waals surface area contributed by atoms with Crippen LogP contribution in [0.3, 0.4) is 0 Å². The van der Waals surface area contributed by atoms with E-state index >= 15 is 0 Å². The zero-order valence-electron chi connectivity index (χ0n) is 11.8. The Labute approximate surface area is 125 Å². The van der Waals surface area contributed by atoms with Crippen molar-refractivity contribution in [2.24, 2.45) is 0 Å². The van der Waals surface area contributed by atoms with Gasteiger partial charge in [-0.1, -0.05) is 0 Å². The van der Waals surface area contributed by atoms with Crippen molar-refractivity contribution >= 4 is 17.2 Å². The number of nitrogens with zero attached hydrogens (tertiary/aromatic N) is 2. The Hall–Kier alpha value is -2.76. The SMILES string of the molecule is Cc1ccn2cc(CC(=O)Nc3ccc(F)cc3F)nc2c1. The van der Waals surface area contributed by atoms with Crippen molar-refractivity contribution in [1.29, 1.82) is 0 Å². The van der Waals surface area contributed by atoms with Gasteiger partial charge in [-0.15, -0.1) is 0 Å². The highest BCUT2D eigenvalue weighted by Gasteiger charge is 2.11. The Morgan fingerprint density at radius 1 is 1.27 bits per heavy atom. The maximum Gasteiger partial charge on any atom is 0.230 e. The van der Waals surface area contributed by atoms with E-state index in [0.29, 0.717) is 5.69 Å². The minimum atomic E-state index is -0.807. The van der Waals surface area contributed by atoms with Crippen molar-refractivity contribution in [2.45, 2.75) is 13.3 Å². The van der Waals surface area contributed by atoms with E-state index in [9.17, 15) is 13.6 Å². The van der Waals surface area contributed by atoms with E-state index in [-0.39, 0.29) is 12.1 Å². The fraction of sp³-hybridized carbons (Fsp3) is 0.125. The van der Waals surface area contributed by atoms with Crippen LogP contribution in [0.15, 0.2) is 42.7 Å². The van der Waals surface area contributed by atoms with Crippen molar-refractivity contribution in [2.75, 3.05) is 5.32 Å². The number of pyridine rings is 1. The second-order valence-electron chi connectivity index (χ2n) is 5.05. The summed E-state index contributed by atoms with van der Waals surface area (Å²) in [6, 6.07) is 6.85. The zero-order valence-corrected chi connectivity index (χ0v) is 11.8. The van der Waals surface area contributed by atoms with Gasteiger partial charge in [0.1, 0.15) is 17.3 Å². The third kappa shape index (κ3) is 2.95. The number of benzene rings is 1. The summed E-state index contributed by atoms with van der Waals surface area (Å²) in [6.07, 6.45) is 3.62. The molecule has 112 valence electrons. The quantitative estimate of drug-likeness (QED) is 0.808. The molecule has 0 unspecified atom stereocenters. The smallest absolute Gasteiger partial charge is 0.230 e. The molecule has 2 heterocycles. The molecule has 1 amide bonds. The minimum absolute atomic E-state index is 0.0115. The van der Waals surface area contributed by atoms with Crippen LogP contribution in [0.4, 0.5) is 14.5 Å². The lowest BCUT2D eigenvalue weighted by Crippen LogP contribution is -2.15. The van der Waals surface area contributed by atoms with E-state index in [0.717, 1.165) is 23.3 Å². The minimum Gasteiger partial charge on any atom is -0.323 e. The summed E-state index contributed by atoms with van der Waals surface area (Å²) in [5.41, 5.74) is 2.34. The molecule has 0 fully saturated rings. The molecule has 6 heteroatoms.